The van der Waals surface area contributed by atoms with Crippen LogP contribution >= 0.6 is 11.3 Å². The van der Waals surface area contributed by atoms with Gasteiger partial charge in [-0.1, -0.05) is 23.5 Å². The third-order valence-corrected chi connectivity index (χ3v) is 8.56. The molecule has 166 valence electrons. The van der Waals surface area contributed by atoms with Crippen LogP contribution in [0.25, 0.3) is 11.3 Å². The predicted octanol–water partition coefficient (Wildman–Crippen LogP) is 3.88. The standard InChI is InChI=1S/C22H20FN3O4S2/c23-15-5-7-16(8-6-15)32(28,29)26-11-9-14(10-12-26)21(27)25-22-24-20-17-3-1-2-4-18(17)30-13-19(20)31-22/h1-8,14H,9-13H2,(H,24,25,27). The molecular weight excluding hydrogens is 453 g/mol. The Balaban J connectivity index is 1.23. The van der Waals surface area contributed by atoms with E-state index in [1.807, 2.05) is 24.3 Å². The quantitative estimate of drug-likeness (QED) is 0.621. The van der Waals surface area contributed by atoms with Gasteiger partial charge in [-0.3, -0.25) is 4.79 Å². The normalized spacial score (nSPS) is 16.7. The van der Waals surface area contributed by atoms with Crippen LogP contribution < -0.4 is 10.1 Å². The van der Waals surface area contributed by atoms with Crippen LogP contribution in [0.5, 0.6) is 5.75 Å². The maximum atomic E-state index is 13.1. The number of hydrogen-bond acceptors (Lipinski definition) is 6. The molecule has 0 radical (unpaired) electrons. The lowest BCUT2D eigenvalue weighted by Gasteiger charge is -2.30. The zero-order valence-corrected chi connectivity index (χ0v) is 18.6. The highest BCUT2D eigenvalue weighted by Gasteiger charge is 2.33. The minimum atomic E-state index is -3.71. The molecule has 3 heterocycles. The van der Waals surface area contributed by atoms with Gasteiger partial charge in [0.15, 0.2) is 5.13 Å². The third kappa shape index (κ3) is 3.89. The number of nitrogens with zero attached hydrogens (tertiary/aromatic N) is 2. The van der Waals surface area contributed by atoms with Crippen molar-refractivity contribution in [3.8, 4) is 17.0 Å². The maximum Gasteiger partial charge on any atom is 0.243 e. The number of fused-ring (bicyclic) bond motifs is 3. The first-order valence-corrected chi connectivity index (χ1v) is 12.5. The van der Waals surface area contributed by atoms with Crippen LogP contribution in [0.1, 0.15) is 17.7 Å². The van der Waals surface area contributed by atoms with E-state index in [2.05, 4.69) is 10.3 Å². The molecule has 0 aliphatic carbocycles. The van der Waals surface area contributed by atoms with Crippen LogP contribution in [0.2, 0.25) is 0 Å². The monoisotopic (exact) mass is 473 g/mol. The molecule has 1 amide bonds. The van der Waals surface area contributed by atoms with Crippen molar-refractivity contribution in [2.24, 2.45) is 5.92 Å². The second kappa shape index (κ2) is 8.27. The number of halogens is 1. The summed E-state index contributed by atoms with van der Waals surface area (Å²) in [6.45, 7) is 0.875. The van der Waals surface area contributed by atoms with E-state index in [0.717, 1.165) is 34.0 Å². The van der Waals surface area contributed by atoms with Gasteiger partial charge in [-0.05, 0) is 49.2 Å². The Morgan fingerprint density at radius 3 is 2.59 bits per heavy atom. The lowest BCUT2D eigenvalue weighted by molar-refractivity contribution is -0.120. The predicted molar refractivity (Wildman–Crippen MR) is 118 cm³/mol. The molecule has 5 rings (SSSR count). The highest BCUT2D eigenvalue weighted by atomic mass is 32.2. The molecule has 3 aromatic rings. The van der Waals surface area contributed by atoms with E-state index in [9.17, 15) is 17.6 Å². The SMILES string of the molecule is O=C(Nc1nc2c(s1)COc1ccccc1-2)C1CCN(S(=O)(=O)c2ccc(F)cc2)CC1. The van der Waals surface area contributed by atoms with Crippen LogP contribution in [-0.2, 0) is 21.4 Å². The Morgan fingerprint density at radius 1 is 1.12 bits per heavy atom. The van der Waals surface area contributed by atoms with Crippen molar-refractivity contribution in [3.63, 3.8) is 0 Å². The first kappa shape index (κ1) is 21.0. The summed E-state index contributed by atoms with van der Waals surface area (Å²) in [5.74, 6) is -0.181. The second-order valence-electron chi connectivity index (χ2n) is 7.70. The third-order valence-electron chi connectivity index (χ3n) is 5.70. The van der Waals surface area contributed by atoms with Gasteiger partial charge in [0, 0.05) is 24.6 Å². The fourth-order valence-electron chi connectivity index (χ4n) is 3.97. The van der Waals surface area contributed by atoms with Crippen LogP contribution in [0.3, 0.4) is 0 Å². The molecule has 2 aliphatic heterocycles. The number of aromatic nitrogens is 1. The van der Waals surface area contributed by atoms with E-state index >= 15 is 0 Å². The number of carbonyl (C=O) groups is 1. The molecule has 1 fully saturated rings. The zero-order chi connectivity index (χ0) is 22.3. The number of rotatable bonds is 4. The summed E-state index contributed by atoms with van der Waals surface area (Å²) in [6.07, 6.45) is 0.812. The number of hydrogen-bond donors (Lipinski definition) is 1. The van der Waals surface area contributed by atoms with E-state index in [1.54, 1.807) is 0 Å². The number of carbonyl (C=O) groups excluding carboxylic acids is 1. The van der Waals surface area contributed by atoms with E-state index in [0.29, 0.717) is 24.6 Å². The Kier molecular flexibility index (Phi) is 5.44. The van der Waals surface area contributed by atoms with Gasteiger partial charge in [0.1, 0.15) is 18.2 Å². The van der Waals surface area contributed by atoms with Crippen molar-refractivity contribution in [2.75, 3.05) is 18.4 Å². The molecule has 1 saturated heterocycles. The number of anilines is 1. The summed E-state index contributed by atoms with van der Waals surface area (Å²) in [5.41, 5.74) is 1.73. The lowest BCUT2D eigenvalue weighted by Crippen LogP contribution is -2.41. The fraction of sp³-hybridized carbons (Fsp3) is 0.273. The van der Waals surface area contributed by atoms with Gasteiger partial charge in [0.25, 0.3) is 0 Å². The molecule has 10 heteroatoms. The van der Waals surface area contributed by atoms with Crippen molar-refractivity contribution in [3.05, 3.63) is 59.2 Å². The van der Waals surface area contributed by atoms with E-state index in [-0.39, 0.29) is 29.8 Å². The number of nitrogens with one attached hydrogen (secondary N) is 1. The Labute approximate surface area is 188 Å². The van der Waals surface area contributed by atoms with Crippen molar-refractivity contribution < 1.29 is 22.3 Å². The summed E-state index contributed by atoms with van der Waals surface area (Å²) in [4.78, 5) is 18.4. The van der Waals surface area contributed by atoms with Gasteiger partial charge in [0.2, 0.25) is 15.9 Å². The number of para-hydroxylation sites is 1. The fourth-order valence-corrected chi connectivity index (χ4v) is 6.33. The molecule has 0 saturated carbocycles. The van der Waals surface area contributed by atoms with E-state index in [4.69, 9.17) is 4.74 Å². The topological polar surface area (TPSA) is 88.6 Å². The number of benzene rings is 2. The van der Waals surface area contributed by atoms with E-state index in [1.165, 1.54) is 27.8 Å². The summed E-state index contributed by atoms with van der Waals surface area (Å²) in [5, 5.41) is 3.41. The molecule has 0 atom stereocenters. The molecule has 0 unspecified atom stereocenters. The summed E-state index contributed by atoms with van der Waals surface area (Å²) in [7, 11) is -3.71. The van der Waals surface area contributed by atoms with Crippen LogP contribution in [0, 0.1) is 11.7 Å². The van der Waals surface area contributed by atoms with Crippen molar-refractivity contribution in [1.29, 1.82) is 0 Å². The number of amides is 1. The average molecular weight is 474 g/mol. The minimum Gasteiger partial charge on any atom is -0.487 e. The van der Waals surface area contributed by atoms with Crippen molar-refractivity contribution in [1.82, 2.24) is 9.29 Å². The molecular formula is C22H20FN3O4S2. The Hall–Kier alpha value is -2.82. The van der Waals surface area contributed by atoms with Gasteiger partial charge in [0.05, 0.1) is 15.5 Å². The summed E-state index contributed by atoms with van der Waals surface area (Å²) < 4.78 is 45.7. The summed E-state index contributed by atoms with van der Waals surface area (Å²) in [6, 6.07) is 12.4. The van der Waals surface area contributed by atoms with Crippen LogP contribution in [0.4, 0.5) is 9.52 Å². The molecule has 0 spiro atoms. The minimum absolute atomic E-state index is 0.0534. The first-order chi connectivity index (χ1) is 15.4. The van der Waals surface area contributed by atoms with Crippen molar-refractivity contribution >= 4 is 32.4 Å². The molecule has 32 heavy (non-hydrogen) atoms. The largest absolute Gasteiger partial charge is 0.487 e. The Morgan fingerprint density at radius 2 is 1.84 bits per heavy atom. The molecule has 7 nitrogen and oxygen atoms in total. The highest BCUT2D eigenvalue weighted by Crippen LogP contribution is 2.40. The number of thiazole rings is 1. The molecule has 1 N–H and O–H groups in total. The molecule has 2 aromatic carbocycles. The van der Waals surface area contributed by atoms with Gasteiger partial charge >= 0.3 is 0 Å². The number of sulfonamides is 1. The number of ether oxygens (including phenoxy) is 1. The number of piperidine rings is 1. The molecule has 1 aromatic heterocycles. The van der Waals surface area contributed by atoms with Crippen LogP contribution in [-0.4, -0.2) is 36.7 Å². The van der Waals surface area contributed by atoms with Crippen molar-refractivity contribution in [2.45, 2.75) is 24.3 Å². The lowest BCUT2D eigenvalue weighted by atomic mass is 9.97. The second-order valence-corrected chi connectivity index (χ2v) is 10.7. The van der Waals surface area contributed by atoms with Gasteiger partial charge in [-0.15, -0.1) is 0 Å². The average Bonchev–Trinajstić information content (AvgIpc) is 3.22. The van der Waals surface area contributed by atoms with Gasteiger partial charge < -0.3 is 10.1 Å². The van der Waals surface area contributed by atoms with Crippen LogP contribution in [0.15, 0.2) is 53.4 Å². The summed E-state index contributed by atoms with van der Waals surface area (Å²) >= 11 is 1.39. The molecule has 0 bridgehead atoms. The highest BCUT2D eigenvalue weighted by molar-refractivity contribution is 7.89. The van der Waals surface area contributed by atoms with E-state index < -0.39 is 15.8 Å². The van der Waals surface area contributed by atoms with Gasteiger partial charge in [-0.25, -0.2) is 17.8 Å². The maximum absolute atomic E-state index is 13.1. The zero-order valence-electron chi connectivity index (χ0n) is 17.0. The smallest absolute Gasteiger partial charge is 0.243 e. The first-order valence-electron chi connectivity index (χ1n) is 10.2. The molecule has 2 aliphatic rings. The Bertz CT molecular complexity index is 1270. The van der Waals surface area contributed by atoms with Gasteiger partial charge in [-0.2, -0.15) is 4.31 Å².